The van der Waals surface area contributed by atoms with Crippen LogP contribution in [0.2, 0.25) is 0 Å². The van der Waals surface area contributed by atoms with Crippen LogP contribution in [0.25, 0.3) is 0 Å². The van der Waals surface area contributed by atoms with Crippen LogP contribution < -0.4 is 11.3 Å². The van der Waals surface area contributed by atoms with Crippen molar-refractivity contribution >= 4 is 11.6 Å². The molecule has 0 saturated carbocycles. The molecule has 2 rings (SSSR count). The maximum atomic E-state index is 12.8. The Morgan fingerprint density at radius 2 is 1.86 bits per heavy atom. The van der Waals surface area contributed by atoms with Gasteiger partial charge in [0.25, 0.3) is 5.91 Å². The predicted octanol–water partition coefficient (Wildman–Crippen LogP) is 1.38. The van der Waals surface area contributed by atoms with Crippen molar-refractivity contribution in [3.8, 4) is 0 Å². The Balaban J connectivity index is 2.30. The van der Waals surface area contributed by atoms with Gasteiger partial charge >= 0.3 is 6.18 Å². The molecule has 1 saturated heterocycles. The quantitative estimate of drug-likeness (QED) is 0.640. The number of benzene rings is 1. The zero-order valence-corrected chi connectivity index (χ0v) is 11.6. The third-order valence-corrected chi connectivity index (χ3v) is 3.52. The van der Waals surface area contributed by atoms with Gasteiger partial charge in [0.05, 0.1) is 16.8 Å². The van der Waals surface area contributed by atoms with E-state index in [0.29, 0.717) is 26.2 Å². The molecule has 0 bridgehead atoms. The van der Waals surface area contributed by atoms with Crippen LogP contribution >= 0.6 is 0 Å². The summed E-state index contributed by atoms with van der Waals surface area (Å²) in [6.45, 7) is 2.34. The molecule has 0 unspecified atom stereocenters. The van der Waals surface area contributed by atoms with E-state index in [-0.39, 0.29) is 11.3 Å². The lowest BCUT2D eigenvalue weighted by atomic mass is 10.1. The van der Waals surface area contributed by atoms with Crippen LogP contribution in [0.15, 0.2) is 18.2 Å². The molecule has 21 heavy (non-hydrogen) atoms. The lowest BCUT2D eigenvalue weighted by molar-refractivity contribution is -0.137. The Labute approximate surface area is 120 Å². The van der Waals surface area contributed by atoms with Crippen molar-refractivity contribution in [3.63, 3.8) is 0 Å². The molecule has 1 aromatic carbocycles. The highest BCUT2D eigenvalue weighted by Crippen LogP contribution is 2.32. The average Bonchev–Trinajstić information content (AvgIpc) is 2.45. The molecule has 1 fully saturated rings. The molecule has 8 heteroatoms. The molecule has 5 nitrogen and oxygen atoms in total. The number of piperazine rings is 1. The predicted molar refractivity (Wildman–Crippen MR) is 72.7 cm³/mol. The zero-order valence-electron chi connectivity index (χ0n) is 11.6. The summed E-state index contributed by atoms with van der Waals surface area (Å²) in [5.41, 5.74) is 1.54. The van der Waals surface area contributed by atoms with E-state index in [4.69, 9.17) is 5.84 Å². The first-order valence-corrected chi connectivity index (χ1v) is 6.48. The normalized spacial score (nSPS) is 16.9. The Morgan fingerprint density at radius 1 is 1.24 bits per heavy atom. The second-order valence-corrected chi connectivity index (χ2v) is 5.00. The molecule has 3 N–H and O–H groups in total. The number of nitrogens with one attached hydrogen (secondary N) is 1. The third-order valence-electron chi connectivity index (χ3n) is 3.52. The van der Waals surface area contributed by atoms with Gasteiger partial charge in [0.1, 0.15) is 0 Å². The van der Waals surface area contributed by atoms with Crippen LogP contribution in [-0.4, -0.2) is 48.9 Å². The third kappa shape index (κ3) is 3.45. The number of amides is 1. The summed E-state index contributed by atoms with van der Waals surface area (Å²) in [5, 5.41) is 0. The molecule has 1 heterocycles. The van der Waals surface area contributed by atoms with E-state index < -0.39 is 17.6 Å². The van der Waals surface area contributed by atoms with E-state index >= 15 is 0 Å². The number of alkyl halides is 3. The van der Waals surface area contributed by atoms with Crippen LogP contribution in [0.5, 0.6) is 0 Å². The van der Waals surface area contributed by atoms with E-state index in [1.54, 1.807) is 0 Å². The minimum atomic E-state index is -4.50. The molecule has 0 atom stereocenters. The van der Waals surface area contributed by atoms with Crippen LogP contribution in [0, 0.1) is 0 Å². The standard InChI is InChI=1S/C13H17F3N4O/c1-19-4-6-20(7-5-19)12(21)10-8-9(13(14,15)16)2-3-11(10)18-17/h2-3,8,18H,4-7,17H2,1H3. The second kappa shape index (κ2) is 5.90. The van der Waals surface area contributed by atoms with Gasteiger partial charge in [-0.05, 0) is 25.2 Å². The first-order chi connectivity index (χ1) is 9.82. The Bertz CT molecular complexity index is 525. The zero-order chi connectivity index (χ0) is 15.6. The van der Waals surface area contributed by atoms with Gasteiger partial charge in [-0.3, -0.25) is 10.6 Å². The van der Waals surface area contributed by atoms with E-state index in [2.05, 4.69) is 10.3 Å². The van der Waals surface area contributed by atoms with Gasteiger partial charge in [0, 0.05) is 26.2 Å². The van der Waals surface area contributed by atoms with Crippen LogP contribution in [0.4, 0.5) is 18.9 Å². The SMILES string of the molecule is CN1CCN(C(=O)c2cc(C(F)(F)F)ccc2NN)CC1. The van der Waals surface area contributed by atoms with Gasteiger partial charge in [0.2, 0.25) is 0 Å². The van der Waals surface area contributed by atoms with Gasteiger partial charge in [-0.15, -0.1) is 0 Å². The number of likely N-dealkylation sites (N-methyl/N-ethyl adjacent to an activating group) is 1. The van der Waals surface area contributed by atoms with Gasteiger partial charge in [0.15, 0.2) is 0 Å². The van der Waals surface area contributed by atoms with Crippen molar-refractivity contribution in [3.05, 3.63) is 29.3 Å². The fourth-order valence-corrected chi connectivity index (χ4v) is 2.20. The summed E-state index contributed by atoms with van der Waals surface area (Å²) >= 11 is 0. The number of halogens is 3. The molecule has 1 aromatic rings. The molecule has 0 aliphatic carbocycles. The highest BCUT2D eigenvalue weighted by Gasteiger charge is 2.32. The van der Waals surface area contributed by atoms with Crippen molar-refractivity contribution in [2.45, 2.75) is 6.18 Å². The van der Waals surface area contributed by atoms with Crippen LogP contribution in [-0.2, 0) is 6.18 Å². The molecular formula is C13H17F3N4O. The summed E-state index contributed by atoms with van der Waals surface area (Å²) in [4.78, 5) is 16.0. The Kier molecular flexibility index (Phi) is 4.38. The monoisotopic (exact) mass is 302 g/mol. The number of nitrogen functional groups attached to an aromatic ring is 1. The number of carbonyl (C=O) groups is 1. The first-order valence-electron chi connectivity index (χ1n) is 6.48. The molecule has 1 aliphatic heterocycles. The van der Waals surface area contributed by atoms with Gasteiger partial charge in [-0.1, -0.05) is 0 Å². The number of rotatable bonds is 2. The van der Waals surface area contributed by atoms with Gasteiger partial charge < -0.3 is 15.2 Å². The second-order valence-electron chi connectivity index (χ2n) is 5.00. The molecule has 0 spiro atoms. The Hall–Kier alpha value is -1.80. The number of hydrogen-bond acceptors (Lipinski definition) is 4. The fourth-order valence-electron chi connectivity index (χ4n) is 2.20. The Morgan fingerprint density at radius 3 is 2.38 bits per heavy atom. The number of nitrogens with zero attached hydrogens (tertiary/aromatic N) is 2. The van der Waals surface area contributed by atoms with Crippen molar-refractivity contribution in [2.75, 3.05) is 38.7 Å². The van der Waals surface area contributed by atoms with Crippen molar-refractivity contribution in [1.82, 2.24) is 9.80 Å². The molecule has 1 amide bonds. The van der Waals surface area contributed by atoms with Crippen molar-refractivity contribution < 1.29 is 18.0 Å². The molecule has 0 radical (unpaired) electrons. The maximum Gasteiger partial charge on any atom is 0.416 e. The molecular weight excluding hydrogens is 285 g/mol. The minimum absolute atomic E-state index is 0.0584. The first kappa shape index (κ1) is 15.6. The molecule has 0 aromatic heterocycles. The van der Waals surface area contributed by atoms with Gasteiger partial charge in [-0.25, -0.2) is 0 Å². The smallest absolute Gasteiger partial charge is 0.336 e. The number of hydrogen-bond donors (Lipinski definition) is 2. The summed E-state index contributed by atoms with van der Waals surface area (Å²) in [7, 11) is 1.93. The fraction of sp³-hybridized carbons (Fsp3) is 0.462. The van der Waals surface area contributed by atoms with Crippen molar-refractivity contribution in [2.24, 2.45) is 5.84 Å². The van der Waals surface area contributed by atoms with E-state index in [9.17, 15) is 18.0 Å². The van der Waals surface area contributed by atoms with E-state index in [1.807, 2.05) is 7.05 Å². The van der Waals surface area contributed by atoms with Crippen LogP contribution in [0.1, 0.15) is 15.9 Å². The summed E-state index contributed by atoms with van der Waals surface area (Å²) in [6.07, 6.45) is -4.50. The minimum Gasteiger partial charge on any atom is -0.336 e. The molecule has 1 aliphatic rings. The van der Waals surface area contributed by atoms with E-state index in [1.165, 1.54) is 11.0 Å². The molecule has 116 valence electrons. The van der Waals surface area contributed by atoms with E-state index in [0.717, 1.165) is 12.1 Å². The van der Waals surface area contributed by atoms with Crippen molar-refractivity contribution in [1.29, 1.82) is 0 Å². The van der Waals surface area contributed by atoms with Crippen LogP contribution in [0.3, 0.4) is 0 Å². The number of hydrazine groups is 1. The number of carbonyl (C=O) groups excluding carboxylic acids is 1. The lowest BCUT2D eigenvalue weighted by Gasteiger charge is -2.32. The summed E-state index contributed by atoms with van der Waals surface area (Å²) in [5.74, 6) is 4.85. The summed E-state index contributed by atoms with van der Waals surface area (Å²) < 4.78 is 38.3. The highest BCUT2D eigenvalue weighted by atomic mass is 19.4. The summed E-state index contributed by atoms with van der Waals surface area (Å²) in [6, 6.07) is 2.91. The average molecular weight is 302 g/mol. The largest absolute Gasteiger partial charge is 0.416 e. The number of nitrogens with two attached hydrogens (primary N) is 1. The maximum absolute atomic E-state index is 12.8. The lowest BCUT2D eigenvalue weighted by Crippen LogP contribution is -2.47. The topological polar surface area (TPSA) is 61.6 Å². The highest BCUT2D eigenvalue weighted by molar-refractivity contribution is 5.99. The van der Waals surface area contributed by atoms with Gasteiger partial charge in [-0.2, -0.15) is 13.2 Å². The number of anilines is 1.